The fourth-order valence-electron chi connectivity index (χ4n) is 7.75. The zero-order valence-corrected chi connectivity index (χ0v) is 43.9. The van der Waals surface area contributed by atoms with E-state index in [2.05, 4.69) is 27.8 Å². The average Bonchev–Trinajstić information content (AvgIpc) is 3.29. The van der Waals surface area contributed by atoms with E-state index in [1.54, 1.807) is 27.8 Å². The number of hydrogen-bond acceptors (Lipinski definition) is 13. The number of azo groups is 1. The molecule has 5 N–H and O–H groups in total. The molecule has 0 saturated carbocycles. The van der Waals surface area contributed by atoms with Crippen molar-refractivity contribution in [3.05, 3.63) is 66.7 Å². The molecular weight excluding hydrogens is 1020 g/mol. The summed E-state index contributed by atoms with van der Waals surface area (Å²) in [6.07, 6.45) is 17.9. The summed E-state index contributed by atoms with van der Waals surface area (Å²) in [4.78, 5) is 37.5. The van der Waals surface area contributed by atoms with Gasteiger partial charge in [-0.2, -0.15) is 21.9 Å². The number of unbranched alkanes of at least 4 members (excludes halogenated alkanes) is 15. The number of nitrogens with zero attached hydrogens (tertiary/aromatic N) is 3. The van der Waals surface area contributed by atoms with Gasteiger partial charge in [0.25, 0.3) is 26.1 Å². The van der Waals surface area contributed by atoms with Gasteiger partial charge in [0.2, 0.25) is 22.0 Å². The Morgan fingerprint density at radius 1 is 0.671 bits per heavy atom. The number of rotatable bonds is 29. The zero-order chi connectivity index (χ0) is 52.6. The van der Waals surface area contributed by atoms with Gasteiger partial charge in [-0.25, -0.2) is 12.7 Å². The number of nitrogens with one attached hydrogen (secondary N) is 2. The van der Waals surface area contributed by atoms with Crippen molar-refractivity contribution in [1.29, 1.82) is 0 Å². The molecule has 394 valence electrons. The monoisotopic (exact) mass is 1090 g/mol. The average molecular weight is 1090 g/mol. The number of aromatic hydroxyl groups is 1. The molecule has 2 amide bonds. The molecule has 0 fully saturated rings. The molecular formula is C50H71N5Na2O13S3. The van der Waals surface area contributed by atoms with Crippen molar-refractivity contribution in [2.45, 2.75) is 158 Å². The third-order valence-electron chi connectivity index (χ3n) is 11.7. The summed E-state index contributed by atoms with van der Waals surface area (Å²) in [5.41, 5.74) is -1.94. The van der Waals surface area contributed by atoms with Crippen molar-refractivity contribution >= 4 is 140 Å². The number of hydrogen-bond donors (Lipinski definition) is 5. The van der Waals surface area contributed by atoms with Crippen molar-refractivity contribution in [1.82, 2.24) is 4.31 Å². The van der Waals surface area contributed by atoms with E-state index in [-0.39, 0.29) is 97.6 Å². The normalized spacial score (nSPS) is 12.6. The van der Waals surface area contributed by atoms with Crippen LogP contribution in [0.3, 0.4) is 0 Å². The maximum atomic E-state index is 13.7. The number of ketones is 1. The summed E-state index contributed by atoms with van der Waals surface area (Å²) in [6, 6.07) is 13.3. The van der Waals surface area contributed by atoms with Gasteiger partial charge in [-0.05, 0) is 78.5 Å². The predicted molar refractivity (Wildman–Crippen MR) is 288 cm³/mol. The van der Waals surface area contributed by atoms with E-state index < -0.39 is 80.6 Å². The number of phenols is 1. The Morgan fingerprint density at radius 3 is 1.64 bits per heavy atom. The first-order valence-electron chi connectivity index (χ1n) is 24.0. The van der Waals surface area contributed by atoms with Crippen molar-refractivity contribution in [3.63, 3.8) is 0 Å². The number of carbonyl (C=O) groups is 3. The number of Topliss-reactive ketones (excluding diaryl/α,β-unsaturated/α-hetero) is 1. The van der Waals surface area contributed by atoms with Crippen LogP contribution < -0.4 is 15.4 Å². The maximum absolute atomic E-state index is 13.7. The van der Waals surface area contributed by atoms with E-state index in [4.69, 9.17) is 4.74 Å². The summed E-state index contributed by atoms with van der Waals surface area (Å²) >= 11 is 0. The van der Waals surface area contributed by atoms with Crippen molar-refractivity contribution < 1.29 is 58.6 Å². The third kappa shape index (κ3) is 20.6. The van der Waals surface area contributed by atoms with Crippen LogP contribution in [0.4, 0.5) is 22.7 Å². The van der Waals surface area contributed by atoms with Gasteiger partial charge in [0.15, 0.2) is 11.5 Å². The molecule has 4 aromatic rings. The van der Waals surface area contributed by atoms with Gasteiger partial charge in [0, 0.05) is 37.0 Å². The number of anilines is 2. The Labute approximate surface area is 475 Å². The van der Waals surface area contributed by atoms with Crippen molar-refractivity contribution in [3.8, 4) is 11.5 Å². The SMILES string of the molecule is CCCCCCCCCCCCCCCCCCN(C)S(=O)(=O)c1ccc(NC(=O)C(Oc2ccc(/N=N/c3c(S(=O)(=O)O)cc4cc(S(=O)(=O)O)cc(NC(C)=O)c4c3O)cc2)C(=O)C(C)(C)C)cc1.[NaH].[NaH]. The van der Waals surface area contributed by atoms with Crippen LogP contribution in [0.2, 0.25) is 0 Å². The molecule has 23 heteroatoms. The molecule has 0 heterocycles. The van der Waals surface area contributed by atoms with Gasteiger partial charge < -0.3 is 20.5 Å². The molecule has 4 aromatic carbocycles. The molecule has 0 aliphatic heterocycles. The van der Waals surface area contributed by atoms with Gasteiger partial charge >= 0.3 is 59.1 Å². The number of ether oxygens (including phenoxy) is 1. The first kappa shape index (κ1) is 65.8. The van der Waals surface area contributed by atoms with Crippen molar-refractivity contribution in [2.24, 2.45) is 15.6 Å². The second-order valence-electron chi connectivity index (χ2n) is 18.7. The van der Waals surface area contributed by atoms with E-state index in [9.17, 15) is 53.8 Å². The first-order chi connectivity index (χ1) is 33.3. The van der Waals surface area contributed by atoms with Crippen molar-refractivity contribution in [2.75, 3.05) is 24.2 Å². The van der Waals surface area contributed by atoms with E-state index in [0.29, 0.717) is 6.54 Å². The fraction of sp³-hybridized carbons (Fsp3) is 0.500. The molecule has 1 unspecified atom stereocenters. The molecule has 0 saturated heterocycles. The number of carbonyl (C=O) groups excluding carboxylic acids is 3. The van der Waals surface area contributed by atoms with Gasteiger partial charge in [-0.3, -0.25) is 23.5 Å². The first-order valence-corrected chi connectivity index (χ1v) is 28.3. The molecule has 0 spiro atoms. The summed E-state index contributed by atoms with van der Waals surface area (Å²) in [6.45, 7) is 8.50. The van der Waals surface area contributed by atoms with Crippen LogP contribution in [0.5, 0.6) is 11.5 Å². The van der Waals surface area contributed by atoms with E-state index in [1.807, 2.05) is 0 Å². The second-order valence-corrected chi connectivity index (χ2v) is 23.6. The summed E-state index contributed by atoms with van der Waals surface area (Å²) in [5.74, 6) is -3.04. The molecule has 73 heavy (non-hydrogen) atoms. The van der Waals surface area contributed by atoms with Crippen LogP contribution in [-0.4, -0.2) is 140 Å². The standard InChI is InChI=1S/C50H69N5O13S3.2Na.2H/c1-7-8-9-10-11-12-13-14-15-16-17-18-19-20-21-22-31-55(6)69(60,61)40-29-25-37(26-30-40)52-49(59)47(48(58)50(3,4)5)68-39-27-23-38(24-28-39)53-54-45-43(71(65,66)67)33-36-32-41(70(62,63)64)34-42(51-35(2)56)44(36)46(45)57;;;;/h23-30,32-34,47,57H,7-22,31H2,1-6H3,(H,51,56)(H,52,59)(H,62,63,64)(H,65,66,67);;;;/b54-53+;;;;. The fourth-order valence-corrected chi connectivity index (χ4v) is 10.2. The Balaban J connectivity index is 0.00000913. The Morgan fingerprint density at radius 2 is 1.18 bits per heavy atom. The topological polar surface area (TPSA) is 276 Å². The Kier molecular flexibility index (Phi) is 27.4. The zero-order valence-electron chi connectivity index (χ0n) is 41.4. The summed E-state index contributed by atoms with van der Waals surface area (Å²) in [5, 5.41) is 23.4. The Hall–Kier alpha value is -3.32. The number of phenolic OH excluding ortho intramolecular Hbond substituents is 1. The molecule has 0 radical (unpaired) electrons. The number of benzene rings is 4. The van der Waals surface area contributed by atoms with Crippen LogP contribution in [0.25, 0.3) is 10.8 Å². The number of fused-ring (bicyclic) bond motifs is 1. The van der Waals surface area contributed by atoms with Crippen LogP contribution in [0.1, 0.15) is 137 Å². The summed E-state index contributed by atoms with van der Waals surface area (Å²) in [7, 11) is -12.3. The van der Waals surface area contributed by atoms with Crippen LogP contribution in [-0.2, 0) is 44.6 Å². The third-order valence-corrected chi connectivity index (χ3v) is 15.3. The van der Waals surface area contributed by atoms with Gasteiger partial charge in [0.05, 0.1) is 21.2 Å². The van der Waals surface area contributed by atoms with Gasteiger partial charge in [0.1, 0.15) is 16.3 Å². The van der Waals surface area contributed by atoms with Gasteiger partial charge in [-0.1, -0.05) is 124 Å². The molecule has 18 nitrogen and oxygen atoms in total. The molecule has 0 aliphatic carbocycles. The molecule has 0 aromatic heterocycles. The molecule has 0 aliphatic rings. The molecule has 4 rings (SSSR count). The van der Waals surface area contributed by atoms with E-state index >= 15 is 0 Å². The quantitative estimate of drug-likeness (QED) is 0.0111. The molecule has 1 atom stereocenters. The predicted octanol–water partition coefficient (Wildman–Crippen LogP) is 10.00. The number of sulfonamides is 1. The van der Waals surface area contributed by atoms with E-state index in [1.165, 1.54) is 130 Å². The van der Waals surface area contributed by atoms with Crippen LogP contribution in [0, 0.1) is 5.41 Å². The van der Waals surface area contributed by atoms with E-state index in [0.717, 1.165) is 50.8 Å². The van der Waals surface area contributed by atoms with Crippen LogP contribution in [0.15, 0.2) is 91.6 Å². The minimum atomic E-state index is -5.16. The molecule has 0 bridgehead atoms. The van der Waals surface area contributed by atoms with Gasteiger partial charge in [-0.15, -0.1) is 5.11 Å². The summed E-state index contributed by atoms with van der Waals surface area (Å²) < 4.78 is 102. The second kappa shape index (κ2) is 30.4. The number of amides is 2. The Bertz CT molecular complexity index is 2840. The van der Waals surface area contributed by atoms with Crippen LogP contribution >= 0.6 is 0 Å². The minimum absolute atomic E-state index is 0.